The number of hydrogen-bond donors (Lipinski definition) is 0. The molecule has 0 aliphatic rings. The predicted octanol–water partition coefficient (Wildman–Crippen LogP) is 2.40. The highest BCUT2D eigenvalue weighted by Gasteiger charge is 1.70. The van der Waals surface area contributed by atoms with Gasteiger partial charge in [0.1, 0.15) is 0 Å². The Morgan fingerprint density at radius 3 is 1.83 bits per heavy atom. The molecule has 0 aromatic rings. The largest absolute Gasteiger partial charge is 0.320 e. The molecule has 0 atom stereocenters. The Kier molecular flexibility index (Phi) is 3.20. The van der Waals surface area contributed by atoms with Crippen LogP contribution in [-0.2, 0) is 0 Å². The maximum atomic E-state index is 2.20. The Balaban J connectivity index is 2.63. The summed E-state index contributed by atoms with van der Waals surface area (Å²) in [6.45, 7) is 6.54. The average molecular weight is 85.2 g/mol. The molecule has 0 amide bonds. The van der Waals surface area contributed by atoms with Gasteiger partial charge in [0.2, 0.25) is 0 Å². The summed E-state index contributed by atoms with van der Waals surface area (Å²) in [6, 6.07) is 0. The average Bonchev–Trinajstić information content (AvgIpc) is 1.35. The second-order valence-electron chi connectivity index (χ2n) is 1.96. The molecule has 0 aromatic carbocycles. The van der Waals surface area contributed by atoms with Crippen molar-refractivity contribution in [2.24, 2.45) is 0 Å². The molecule has 0 radical (unpaired) electrons. The van der Waals surface area contributed by atoms with Crippen molar-refractivity contribution in [3.05, 3.63) is 5.92 Å². The highest BCUT2D eigenvalue weighted by Crippen LogP contribution is 2.03. The lowest BCUT2D eigenvalue weighted by molar-refractivity contribution is 0.807. The molecular weight excluding hydrogens is 72.1 g/mol. The van der Waals surface area contributed by atoms with Gasteiger partial charge in [-0.1, -0.05) is 13.3 Å². The molecule has 0 aliphatic carbocycles. The minimum atomic E-state index is 1.29. The first-order chi connectivity index (χ1) is 2.77. The minimum Gasteiger partial charge on any atom is -0.320 e. The van der Waals surface area contributed by atoms with Crippen LogP contribution in [0.25, 0.3) is 0 Å². The van der Waals surface area contributed by atoms with Gasteiger partial charge in [-0.2, -0.15) is 20.3 Å². The van der Waals surface area contributed by atoms with Gasteiger partial charge in [0.25, 0.3) is 0 Å². The van der Waals surface area contributed by atoms with Crippen LogP contribution in [0.5, 0.6) is 0 Å². The molecule has 0 bridgehead atoms. The zero-order valence-electron chi connectivity index (χ0n) is 4.91. The van der Waals surface area contributed by atoms with Gasteiger partial charge < -0.3 is 5.92 Å². The van der Waals surface area contributed by atoms with E-state index in [4.69, 9.17) is 0 Å². The van der Waals surface area contributed by atoms with Crippen molar-refractivity contribution in [3.63, 3.8) is 0 Å². The summed E-state index contributed by atoms with van der Waals surface area (Å²) in [5.41, 5.74) is 0. The van der Waals surface area contributed by atoms with Crippen molar-refractivity contribution in [2.75, 3.05) is 0 Å². The molecule has 0 nitrogen and oxygen atoms in total. The zero-order chi connectivity index (χ0) is 4.99. The molecule has 0 unspecified atom stereocenters. The van der Waals surface area contributed by atoms with E-state index in [1.165, 1.54) is 18.8 Å². The van der Waals surface area contributed by atoms with Crippen LogP contribution < -0.4 is 0 Å². The Morgan fingerprint density at radius 2 is 1.83 bits per heavy atom. The fraction of sp³-hybridized carbons (Fsp3) is 0.833. The van der Waals surface area contributed by atoms with E-state index in [9.17, 15) is 0 Å². The second kappa shape index (κ2) is 3.20. The molecule has 38 valence electrons. The first kappa shape index (κ1) is 6.00. The van der Waals surface area contributed by atoms with Gasteiger partial charge in [-0.15, -0.1) is 0 Å². The van der Waals surface area contributed by atoms with E-state index in [0.29, 0.717) is 0 Å². The number of rotatable bonds is 2. The molecular formula is C6H13-. The molecule has 0 saturated heterocycles. The summed E-state index contributed by atoms with van der Waals surface area (Å²) < 4.78 is 0. The first-order valence-corrected chi connectivity index (χ1v) is 2.56. The summed E-state index contributed by atoms with van der Waals surface area (Å²) in [5.74, 6) is 1.54. The van der Waals surface area contributed by atoms with Crippen molar-refractivity contribution in [2.45, 2.75) is 33.6 Å². The fourth-order valence-electron chi connectivity index (χ4n) is 0.500. The Morgan fingerprint density at radius 1 is 1.33 bits per heavy atom. The maximum Gasteiger partial charge on any atom is -0.0678 e. The molecule has 0 rings (SSSR count). The van der Waals surface area contributed by atoms with Crippen LogP contribution in [0.4, 0.5) is 0 Å². The summed E-state index contributed by atoms with van der Waals surface area (Å²) in [6.07, 6.45) is 2.59. The van der Waals surface area contributed by atoms with Crippen LogP contribution in [-0.4, -0.2) is 0 Å². The van der Waals surface area contributed by atoms with Crippen molar-refractivity contribution in [1.82, 2.24) is 0 Å². The summed E-state index contributed by atoms with van der Waals surface area (Å²) >= 11 is 0. The van der Waals surface area contributed by atoms with Crippen LogP contribution >= 0.6 is 0 Å². The summed E-state index contributed by atoms with van der Waals surface area (Å²) in [7, 11) is 0. The lowest BCUT2D eigenvalue weighted by Crippen LogP contribution is -1.78. The van der Waals surface area contributed by atoms with Gasteiger partial charge in [-0.3, -0.25) is 0 Å². The quantitative estimate of drug-likeness (QED) is 0.452. The number of hydrogen-bond acceptors (Lipinski definition) is 0. The van der Waals surface area contributed by atoms with Crippen molar-refractivity contribution >= 4 is 0 Å². The van der Waals surface area contributed by atoms with E-state index in [1.807, 2.05) is 0 Å². The van der Waals surface area contributed by atoms with Gasteiger partial charge >= 0.3 is 0 Å². The maximum absolute atomic E-state index is 2.20. The normalized spacial score (nSPS) is 10.0. The fourth-order valence-corrected chi connectivity index (χ4v) is 0.500. The molecule has 6 heavy (non-hydrogen) atoms. The molecule has 0 heterocycles. The SMILES string of the molecule is CCC[C-](C)C. The standard InChI is InChI=1S/C6H13/c1-4-5-6(2)3/h4-5H2,1-3H3/q-1. The van der Waals surface area contributed by atoms with E-state index in [2.05, 4.69) is 20.8 Å². The van der Waals surface area contributed by atoms with Crippen LogP contribution in [0.3, 0.4) is 0 Å². The third-order valence-corrected chi connectivity index (χ3v) is 0.750. The molecule has 0 N–H and O–H groups in total. The van der Waals surface area contributed by atoms with Gasteiger partial charge in [-0.25, -0.2) is 0 Å². The third kappa shape index (κ3) is 4.00. The lowest BCUT2D eigenvalue weighted by atomic mass is 10.1. The molecule has 0 heteroatoms. The minimum absolute atomic E-state index is 1.29. The Bertz CT molecular complexity index is 21.2. The van der Waals surface area contributed by atoms with Crippen molar-refractivity contribution < 1.29 is 0 Å². The van der Waals surface area contributed by atoms with Gasteiger partial charge in [0.05, 0.1) is 0 Å². The van der Waals surface area contributed by atoms with Crippen molar-refractivity contribution in [1.29, 1.82) is 0 Å². The van der Waals surface area contributed by atoms with E-state index >= 15 is 0 Å². The predicted molar refractivity (Wildman–Crippen MR) is 29.5 cm³/mol. The van der Waals surface area contributed by atoms with Crippen molar-refractivity contribution in [3.8, 4) is 0 Å². The van der Waals surface area contributed by atoms with E-state index in [1.54, 1.807) is 0 Å². The van der Waals surface area contributed by atoms with E-state index < -0.39 is 0 Å². The lowest BCUT2D eigenvalue weighted by Gasteiger charge is -2.12. The van der Waals surface area contributed by atoms with Crippen LogP contribution in [0.15, 0.2) is 0 Å². The second-order valence-corrected chi connectivity index (χ2v) is 1.96. The Hall–Kier alpha value is 0. The molecule has 0 aromatic heterocycles. The van der Waals surface area contributed by atoms with E-state index in [0.717, 1.165) is 0 Å². The first-order valence-electron chi connectivity index (χ1n) is 2.56. The summed E-state index contributed by atoms with van der Waals surface area (Å²) in [4.78, 5) is 0. The Labute approximate surface area is 40.6 Å². The molecule has 0 aliphatic heterocycles. The smallest absolute Gasteiger partial charge is 0.0678 e. The van der Waals surface area contributed by atoms with Gasteiger partial charge in [-0.05, 0) is 0 Å². The van der Waals surface area contributed by atoms with Crippen LogP contribution in [0.1, 0.15) is 33.6 Å². The van der Waals surface area contributed by atoms with Crippen LogP contribution in [0, 0.1) is 5.92 Å². The van der Waals surface area contributed by atoms with Gasteiger partial charge in [0, 0.05) is 0 Å². The van der Waals surface area contributed by atoms with Crippen LogP contribution in [0.2, 0.25) is 0 Å². The monoisotopic (exact) mass is 85.1 g/mol. The van der Waals surface area contributed by atoms with E-state index in [-0.39, 0.29) is 0 Å². The highest BCUT2D eigenvalue weighted by molar-refractivity contribution is 4.74. The molecule has 0 saturated carbocycles. The third-order valence-electron chi connectivity index (χ3n) is 0.750. The molecule has 0 spiro atoms. The highest BCUT2D eigenvalue weighted by atomic mass is 13.9. The van der Waals surface area contributed by atoms with Gasteiger partial charge in [0.15, 0.2) is 0 Å². The zero-order valence-corrected chi connectivity index (χ0v) is 4.91. The summed E-state index contributed by atoms with van der Waals surface area (Å²) in [5, 5.41) is 0. The topological polar surface area (TPSA) is 0 Å². The molecule has 0 fully saturated rings.